The van der Waals surface area contributed by atoms with Gasteiger partial charge in [-0.25, -0.2) is 4.79 Å². The zero-order valence-corrected chi connectivity index (χ0v) is 32.3. The van der Waals surface area contributed by atoms with Crippen LogP contribution in [0.15, 0.2) is 52.4 Å². The standard InChI is InChI=1S/C37H46ClN5O5S2/c1-9-10-11-12-30(28-21-22(2)13-18-31(28)50(45,46)47)42(36(44)48-37(6,7)8)20-19-29-34-41-40-25(5)43(34)35-32(23(3)24(4)49-35)33(39-29)26-14-16-27(38)17-15-26/h13-18,21,29-30H,9-12,19-20H2,1-8H3,(H,45,46,47). The van der Waals surface area contributed by atoms with Gasteiger partial charge in [0.05, 0.1) is 16.6 Å². The Labute approximate surface area is 304 Å². The van der Waals surface area contributed by atoms with E-state index < -0.39 is 33.9 Å². The van der Waals surface area contributed by atoms with E-state index in [0.29, 0.717) is 29.3 Å². The van der Waals surface area contributed by atoms with Crippen molar-refractivity contribution in [2.24, 2.45) is 4.99 Å². The van der Waals surface area contributed by atoms with Crippen LogP contribution in [0.5, 0.6) is 0 Å². The summed E-state index contributed by atoms with van der Waals surface area (Å²) in [5.74, 6) is 1.37. The summed E-state index contributed by atoms with van der Waals surface area (Å²) in [5, 5.41) is 10.7. The second kappa shape index (κ2) is 15.0. The molecule has 0 fully saturated rings. The van der Waals surface area contributed by atoms with Crippen LogP contribution in [0.3, 0.4) is 0 Å². The van der Waals surface area contributed by atoms with Crippen molar-refractivity contribution < 1.29 is 22.5 Å². The second-order valence-electron chi connectivity index (χ2n) is 13.9. The average molecular weight is 740 g/mol. The molecule has 268 valence electrons. The maximum absolute atomic E-state index is 14.2. The second-order valence-corrected chi connectivity index (χ2v) is 16.9. The Hall–Kier alpha value is -3.58. The molecule has 3 heterocycles. The van der Waals surface area contributed by atoms with E-state index in [4.69, 9.17) is 21.3 Å². The van der Waals surface area contributed by atoms with Gasteiger partial charge in [-0.15, -0.1) is 21.5 Å². The first-order valence-electron chi connectivity index (χ1n) is 16.9. The quantitative estimate of drug-likeness (QED) is 0.120. The van der Waals surface area contributed by atoms with Crippen molar-refractivity contribution in [1.82, 2.24) is 19.7 Å². The first-order valence-corrected chi connectivity index (χ1v) is 19.6. The van der Waals surface area contributed by atoms with Gasteiger partial charge >= 0.3 is 6.09 Å². The minimum Gasteiger partial charge on any atom is -0.444 e. The van der Waals surface area contributed by atoms with Crippen molar-refractivity contribution in [2.75, 3.05) is 6.54 Å². The summed E-state index contributed by atoms with van der Waals surface area (Å²) in [6.45, 7) is 15.6. The van der Waals surface area contributed by atoms with Crippen LogP contribution in [0, 0.1) is 27.7 Å². The van der Waals surface area contributed by atoms with Crippen molar-refractivity contribution in [3.05, 3.63) is 91.8 Å². The molecular weight excluding hydrogens is 694 g/mol. The van der Waals surface area contributed by atoms with Gasteiger partial charge in [-0.05, 0) is 90.6 Å². The Morgan fingerprint density at radius 2 is 1.78 bits per heavy atom. The minimum atomic E-state index is -4.60. The highest BCUT2D eigenvalue weighted by molar-refractivity contribution is 7.85. The lowest BCUT2D eigenvalue weighted by Crippen LogP contribution is -2.41. The van der Waals surface area contributed by atoms with Crippen LogP contribution in [0.4, 0.5) is 4.79 Å². The van der Waals surface area contributed by atoms with Crippen LogP contribution in [0.2, 0.25) is 5.02 Å². The smallest absolute Gasteiger partial charge is 0.410 e. The van der Waals surface area contributed by atoms with Gasteiger partial charge in [0.1, 0.15) is 22.5 Å². The van der Waals surface area contributed by atoms with Crippen molar-refractivity contribution in [3.8, 4) is 5.00 Å². The summed E-state index contributed by atoms with van der Waals surface area (Å²) in [6, 6.07) is 11.2. The zero-order chi connectivity index (χ0) is 36.5. The molecule has 0 spiro atoms. The summed E-state index contributed by atoms with van der Waals surface area (Å²) in [7, 11) is -4.60. The van der Waals surface area contributed by atoms with Gasteiger partial charge < -0.3 is 9.64 Å². The number of benzene rings is 2. The highest BCUT2D eigenvalue weighted by Gasteiger charge is 2.36. The monoisotopic (exact) mass is 739 g/mol. The molecule has 0 aliphatic carbocycles. The molecule has 2 aromatic heterocycles. The number of hydrogen-bond donors (Lipinski definition) is 1. The molecule has 1 amide bonds. The number of rotatable bonds is 11. The van der Waals surface area contributed by atoms with Crippen LogP contribution < -0.4 is 0 Å². The van der Waals surface area contributed by atoms with Gasteiger partial charge in [0.15, 0.2) is 5.82 Å². The van der Waals surface area contributed by atoms with Crippen LogP contribution >= 0.6 is 22.9 Å². The summed E-state index contributed by atoms with van der Waals surface area (Å²) in [5.41, 5.74) is 4.15. The van der Waals surface area contributed by atoms with E-state index in [1.807, 2.05) is 38.1 Å². The Bertz CT molecular complexity index is 2010. The van der Waals surface area contributed by atoms with Crippen LogP contribution in [-0.2, 0) is 14.9 Å². The first-order chi connectivity index (χ1) is 23.5. The third-order valence-corrected chi connectivity index (χ3v) is 11.3. The summed E-state index contributed by atoms with van der Waals surface area (Å²) in [4.78, 5) is 22.1. The molecule has 4 aromatic rings. The molecule has 50 heavy (non-hydrogen) atoms. The number of unbranched alkanes of at least 4 members (excludes halogenated alkanes) is 2. The molecule has 2 atom stereocenters. The van der Waals surface area contributed by atoms with E-state index in [-0.39, 0.29) is 11.4 Å². The number of aliphatic imine (C=N–C) groups is 1. The molecule has 5 rings (SSSR count). The third-order valence-electron chi connectivity index (χ3n) is 8.89. The van der Waals surface area contributed by atoms with Gasteiger partial charge in [-0.3, -0.25) is 14.1 Å². The normalized spacial score (nSPS) is 15.2. The van der Waals surface area contributed by atoms with Gasteiger partial charge in [-0.1, -0.05) is 67.6 Å². The number of amides is 1. The SMILES string of the molecule is CCCCCC(c1cc(C)ccc1S(=O)(=O)O)N(CCC1N=C(c2ccc(Cl)cc2)c2c(sc(C)c2C)-n2c(C)nnc21)C(=O)OC(C)(C)C. The summed E-state index contributed by atoms with van der Waals surface area (Å²) in [6.07, 6.45) is 2.76. The Morgan fingerprint density at radius 3 is 2.42 bits per heavy atom. The molecule has 0 saturated carbocycles. The summed E-state index contributed by atoms with van der Waals surface area (Å²) >= 11 is 7.96. The van der Waals surface area contributed by atoms with Crippen LogP contribution in [0.1, 0.15) is 116 Å². The predicted octanol–water partition coefficient (Wildman–Crippen LogP) is 9.30. The van der Waals surface area contributed by atoms with E-state index in [2.05, 4.69) is 35.5 Å². The topological polar surface area (TPSA) is 127 Å². The van der Waals surface area contributed by atoms with Crippen LogP contribution in [0.25, 0.3) is 5.00 Å². The number of fused-ring (bicyclic) bond motifs is 3. The number of ether oxygens (including phenoxy) is 1. The van der Waals surface area contributed by atoms with E-state index in [1.165, 1.54) is 6.07 Å². The molecule has 2 unspecified atom stereocenters. The Balaban J connectivity index is 1.66. The van der Waals surface area contributed by atoms with E-state index in [1.54, 1.807) is 49.1 Å². The number of aryl methyl sites for hydroxylation is 3. The van der Waals surface area contributed by atoms with Gasteiger partial charge in [0, 0.05) is 27.6 Å². The van der Waals surface area contributed by atoms with E-state index in [0.717, 1.165) is 62.9 Å². The number of hydrogen-bond acceptors (Lipinski definition) is 8. The van der Waals surface area contributed by atoms with Gasteiger partial charge in [0.2, 0.25) is 0 Å². The third kappa shape index (κ3) is 8.14. The molecule has 1 N–H and O–H groups in total. The first kappa shape index (κ1) is 37.7. The van der Waals surface area contributed by atoms with Crippen molar-refractivity contribution in [2.45, 2.75) is 110 Å². The largest absolute Gasteiger partial charge is 0.444 e. The zero-order valence-electron chi connectivity index (χ0n) is 29.9. The lowest BCUT2D eigenvalue weighted by atomic mass is 9.96. The molecule has 2 aromatic carbocycles. The number of carbonyl (C=O) groups is 1. The number of nitrogens with zero attached hydrogens (tertiary/aromatic N) is 5. The molecule has 0 radical (unpaired) electrons. The van der Waals surface area contributed by atoms with Gasteiger partial charge in [-0.2, -0.15) is 8.42 Å². The maximum atomic E-state index is 14.2. The van der Waals surface area contributed by atoms with Crippen molar-refractivity contribution in [3.63, 3.8) is 0 Å². The van der Waals surface area contributed by atoms with E-state index >= 15 is 0 Å². The average Bonchev–Trinajstić information content (AvgIpc) is 3.50. The maximum Gasteiger partial charge on any atom is 0.410 e. The van der Waals surface area contributed by atoms with Crippen LogP contribution in [-0.4, -0.2) is 56.6 Å². The number of carbonyl (C=O) groups excluding carboxylic acids is 1. The van der Waals surface area contributed by atoms with Crippen molar-refractivity contribution >= 4 is 44.9 Å². The Kier molecular flexibility index (Phi) is 11.3. The Morgan fingerprint density at radius 1 is 1.08 bits per heavy atom. The minimum absolute atomic E-state index is 0.157. The highest BCUT2D eigenvalue weighted by atomic mass is 35.5. The summed E-state index contributed by atoms with van der Waals surface area (Å²) < 4.78 is 43.8. The molecule has 0 saturated heterocycles. The molecule has 10 nitrogen and oxygen atoms in total. The van der Waals surface area contributed by atoms with Gasteiger partial charge in [0.25, 0.3) is 10.1 Å². The number of thiophene rings is 1. The fraction of sp³-hybridized carbons (Fsp3) is 0.459. The molecule has 1 aliphatic rings. The lowest BCUT2D eigenvalue weighted by molar-refractivity contribution is 0.0135. The van der Waals surface area contributed by atoms with E-state index in [9.17, 15) is 17.8 Å². The molecular formula is C37H46ClN5O5S2. The lowest BCUT2D eigenvalue weighted by Gasteiger charge is -2.35. The molecule has 13 heteroatoms. The molecule has 1 aliphatic heterocycles. The van der Waals surface area contributed by atoms with Crippen molar-refractivity contribution in [1.29, 1.82) is 0 Å². The number of aromatic nitrogens is 3. The fourth-order valence-electron chi connectivity index (χ4n) is 6.38. The highest BCUT2D eigenvalue weighted by Crippen LogP contribution is 2.41. The fourth-order valence-corrected chi connectivity index (χ4v) is 8.45. The number of halogens is 1. The predicted molar refractivity (Wildman–Crippen MR) is 199 cm³/mol. The molecule has 0 bridgehead atoms.